The van der Waals surface area contributed by atoms with Crippen LogP contribution >= 0.6 is 0 Å². The van der Waals surface area contributed by atoms with Gasteiger partial charge in [-0.2, -0.15) is 0 Å². The van der Waals surface area contributed by atoms with Crippen LogP contribution in [0.5, 0.6) is 0 Å². The molecule has 0 amide bonds. The van der Waals surface area contributed by atoms with Gasteiger partial charge in [-0.05, 0) is 0 Å². The minimum absolute atomic E-state index is 0. The minimum Gasteiger partial charge on any atom is -0.547 e. The second-order valence-electron chi connectivity index (χ2n) is 4.64. The monoisotopic (exact) mass is 516 g/mol. The summed E-state index contributed by atoms with van der Waals surface area (Å²) in [5, 5.41) is 102. The minimum atomic E-state index is -2.44. The van der Waals surface area contributed by atoms with Gasteiger partial charge in [0.15, 0.2) is 18.3 Å². The van der Waals surface area contributed by atoms with E-state index in [1.165, 1.54) is 0 Å². The zero-order chi connectivity index (χ0) is 24.9. The molecule has 0 bridgehead atoms. The summed E-state index contributed by atoms with van der Waals surface area (Å²) < 4.78 is 0. The number of carbonyl (C=O) groups excluding carboxylic acids is 3. The van der Waals surface area contributed by atoms with E-state index >= 15 is 0 Å². The first kappa shape index (κ1) is 46.0. The van der Waals surface area contributed by atoms with E-state index in [0.717, 1.165) is 0 Å². The van der Waals surface area contributed by atoms with Crippen LogP contribution in [0.15, 0.2) is 0 Å². The summed E-state index contributed by atoms with van der Waals surface area (Å²) in [6, 6.07) is 0. The fourth-order valence-corrected chi connectivity index (χ4v) is 0.792. The molecule has 18 nitrogen and oxygen atoms in total. The molecule has 0 heterocycles. The summed E-state index contributed by atoms with van der Waals surface area (Å²) in [6.45, 7) is 0. The van der Waals surface area contributed by atoms with Crippen LogP contribution in [0.2, 0.25) is 0 Å². The fraction of sp³-hybridized carbons (Fsp3) is 0.500. The molecule has 0 radical (unpaired) electrons. The molecule has 0 aromatic rings. The number of carboxylic acids is 6. The van der Waals surface area contributed by atoms with E-state index in [1.54, 1.807) is 0 Å². The van der Waals surface area contributed by atoms with Gasteiger partial charge in [0.1, 0.15) is 18.3 Å². The summed E-state index contributed by atoms with van der Waals surface area (Å²) >= 11 is 0. The standard InChI is InChI=1S/3C4H6O6.3Na/c3*5-1(3(7)8)2(6)4(9)10;;;/h3*1-2,5-6H,(H,7,8)(H,9,10);;;/q;;;3*+1/p-3. The van der Waals surface area contributed by atoms with Crippen LogP contribution in [-0.4, -0.2) is 118 Å². The van der Waals surface area contributed by atoms with Crippen molar-refractivity contribution in [3.05, 3.63) is 0 Å². The van der Waals surface area contributed by atoms with Crippen molar-refractivity contribution in [1.82, 2.24) is 0 Å². The first-order chi connectivity index (χ1) is 13.4. The van der Waals surface area contributed by atoms with Gasteiger partial charge in [-0.25, -0.2) is 14.4 Å². The molecule has 21 heteroatoms. The molecular weight excluding hydrogens is 501 g/mol. The zero-order valence-corrected chi connectivity index (χ0v) is 23.2. The van der Waals surface area contributed by atoms with Gasteiger partial charge in [0, 0.05) is 0 Å². The molecule has 0 fully saturated rings. The summed E-state index contributed by atoms with van der Waals surface area (Å²) in [5.74, 6) is -11.5. The van der Waals surface area contributed by atoms with Crippen molar-refractivity contribution in [2.75, 3.05) is 0 Å². The van der Waals surface area contributed by atoms with Gasteiger partial charge in [-0.15, -0.1) is 0 Å². The van der Waals surface area contributed by atoms with Crippen molar-refractivity contribution in [2.24, 2.45) is 0 Å². The molecule has 6 unspecified atom stereocenters. The van der Waals surface area contributed by atoms with Crippen LogP contribution in [-0.2, 0) is 28.8 Å². The molecule has 0 aromatic heterocycles. The number of aliphatic carboxylic acids is 6. The third-order valence-electron chi connectivity index (χ3n) is 2.38. The van der Waals surface area contributed by atoms with Gasteiger partial charge < -0.3 is 75.7 Å². The quantitative estimate of drug-likeness (QED) is 0.128. The van der Waals surface area contributed by atoms with Crippen LogP contribution in [0.4, 0.5) is 0 Å². The molecule has 0 saturated carbocycles. The number of hydrogen-bond donors (Lipinski definition) is 9. The number of rotatable bonds is 9. The summed E-state index contributed by atoms with van der Waals surface area (Å²) in [6.07, 6.45) is -14.1. The van der Waals surface area contributed by atoms with Crippen molar-refractivity contribution in [3.8, 4) is 0 Å². The van der Waals surface area contributed by atoms with Gasteiger partial charge >= 0.3 is 107 Å². The molecule has 0 aliphatic heterocycles. The Morgan fingerprint density at radius 2 is 0.515 bits per heavy atom. The van der Waals surface area contributed by atoms with Crippen LogP contribution in [0.25, 0.3) is 0 Å². The van der Waals surface area contributed by atoms with Crippen LogP contribution < -0.4 is 104 Å². The van der Waals surface area contributed by atoms with Crippen LogP contribution in [0.3, 0.4) is 0 Å². The molecule has 9 N–H and O–H groups in total. The Morgan fingerprint density at radius 3 is 0.606 bits per heavy atom. The predicted molar refractivity (Wildman–Crippen MR) is 74.0 cm³/mol. The molecule has 0 aromatic carbocycles. The SMILES string of the molecule is O=C(O)C(O)C(O)C(=O)O.O=C([O-])C(O)C(O)C(=O)O.O=C([O-])C(O)C(O)C(=O)[O-].[Na+].[Na+].[Na+]. The smallest absolute Gasteiger partial charge is 0.547 e. The van der Waals surface area contributed by atoms with E-state index in [-0.39, 0.29) is 88.7 Å². The van der Waals surface area contributed by atoms with Gasteiger partial charge in [-0.1, -0.05) is 0 Å². The van der Waals surface area contributed by atoms with Gasteiger partial charge in [0.2, 0.25) is 0 Å². The first-order valence-electron chi connectivity index (χ1n) is 6.79. The van der Waals surface area contributed by atoms with E-state index in [0.29, 0.717) is 0 Å². The third kappa shape index (κ3) is 21.8. The van der Waals surface area contributed by atoms with Crippen molar-refractivity contribution < 1.29 is 179 Å². The molecule has 0 saturated heterocycles. The average Bonchev–Trinajstić information content (AvgIpc) is 2.64. The Morgan fingerprint density at radius 1 is 0.394 bits per heavy atom. The number of carbonyl (C=O) groups is 6. The summed E-state index contributed by atoms with van der Waals surface area (Å²) in [5.41, 5.74) is 0. The fourth-order valence-electron chi connectivity index (χ4n) is 0.792. The first-order valence-corrected chi connectivity index (χ1v) is 6.79. The largest absolute Gasteiger partial charge is 1.00 e. The Hall–Kier alpha value is -0.420. The van der Waals surface area contributed by atoms with E-state index < -0.39 is 72.4 Å². The maximum Gasteiger partial charge on any atom is 1.00 e. The molecular formula is C12H15Na3O18. The second-order valence-corrected chi connectivity index (χ2v) is 4.64. The number of aliphatic hydroxyl groups excluding tert-OH is 6. The van der Waals surface area contributed by atoms with E-state index in [1.807, 2.05) is 0 Å². The average molecular weight is 516 g/mol. The van der Waals surface area contributed by atoms with Crippen molar-refractivity contribution in [2.45, 2.75) is 36.6 Å². The van der Waals surface area contributed by atoms with Gasteiger partial charge in [-0.3, -0.25) is 0 Å². The van der Waals surface area contributed by atoms with Crippen LogP contribution in [0, 0.1) is 0 Å². The maximum atomic E-state index is 9.77. The van der Waals surface area contributed by atoms with Crippen molar-refractivity contribution >= 4 is 35.8 Å². The van der Waals surface area contributed by atoms with Crippen LogP contribution in [0.1, 0.15) is 0 Å². The maximum absolute atomic E-state index is 9.77. The zero-order valence-electron chi connectivity index (χ0n) is 17.2. The summed E-state index contributed by atoms with van der Waals surface area (Å²) in [7, 11) is 0. The number of hydrogen-bond acceptors (Lipinski definition) is 15. The topological polar surface area (TPSA) is 354 Å². The molecule has 0 aliphatic rings. The van der Waals surface area contributed by atoms with E-state index in [2.05, 4.69) is 0 Å². The number of aliphatic hydroxyl groups is 6. The van der Waals surface area contributed by atoms with Gasteiger partial charge in [0.25, 0.3) is 0 Å². The Kier molecular flexibility index (Phi) is 32.5. The van der Waals surface area contributed by atoms with Gasteiger partial charge in [0.05, 0.1) is 17.9 Å². The third-order valence-corrected chi connectivity index (χ3v) is 2.38. The Labute approximate surface area is 249 Å². The number of carboxylic acid groups (broad SMARTS) is 6. The Bertz CT molecular complexity index is 502. The molecule has 6 atom stereocenters. The van der Waals surface area contributed by atoms with E-state index in [9.17, 15) is 44.1 Å². The molecule has 33 heavy (non-hydrogen) atoms. The molecule has 174 valence electrons. The Balaban J connectivity index is -0.0000000792. The second kappa shape index (κ2) is 23.3. The molecule has 0 rings (SSSR count). The van der Waals surface area contributed by atoms with Crippen molar-refractivity contribution in [3.63, 3.8) is 0 Å². The van der Waals surface area contributed by atoms with E-state index in [4.69, 9.17) is 46.0 Å². The van der Waals surface area contributed by atoms with Crippen molar-refractivity contribution in [1.29, 1.82) is 0 Å². The molecule has 0 spiro atoms. The summed E-state index contributed by atoms with van der Waals surface area (Å²) in [4.78, 5) is 58.2. The molecule has 0 aliphatic carbocycles. The normalized spacial score (nSPS) is 14.4. The predicted octanol–water partition coefficient (Wildman–Crippen LogP) is -19.4.